The minimum Gasteiger partial charge on any atom is -0.250 e. The van der Waals surface area contributed by atoms with Crippen molar-refractivity contribution in [2.75, 3.05) is 0 Å². The van der Waals surface area contributed by atoms with Crippen LogP contribution in [0.4, 0.5) is 11.4 Å². The van der Waals surface area contributed by atoms with Crippen LogP contribution in [0.2, 0.25) is 0 Å². The molecule has 0 atom stereocenters. The molecule has 1 heterocycles. The smallest absolute Gasteiger partial charge is 0.0849 e. The lowest BCUT2D eigenvalue weighted by Gasteiger charge is -2.09. The molecule has 0 spiro atoms. The van der Waals surface area contributed by atoms with E-state index in [1.165, 1.54) is 11.1 Å². The topological polar surface area (TPSA) is 37.6 Å². The van der Waals surface area contributed by atoms with Crippen molar-refractivity contribution in [2.45, 2.75) is 41.5 Å². The number of nitrogens with zero attached hydrogens (tertiary/aromatic N) is 3. The van der Waals surface area contributed by atoms with Crippen molar-refractivity contribution in [3.8, 4) is 0 Å². The number of pyridine rings is 1. The molecule has 0 N–H and O–H groups in total. The van der Waals surface area contributed by atoms with E-state index in [0.29, 0.717) is 0 Å². The Kier molecular flexibility index (Phi) is 7.04. The summed E-state index contributed by atoms with van der Waals surface area (Å²) in [6.07, 6.45) is 0. The van der Waals surface area contributed by atoms with Gasteiger partial charge in [0.1, 0.15) is 0 Å². The lowest BCUT2D eigenvalue weighted by Crippen LogP contribution is -2.05. The van der Waals surface area contributed by atoms with Crippen molar-refractivity contribution in [1.29, 1.82) is 0 Å². The van der Waals surface area contributed by atoms with Crippen LogP contribution in [0, 0.1) is 27.7 Å². The molecule has 3 rings (SSSR count). The van der Waals surface area contributed by atoms with Gasteiger partial charge in [-0.25, -0.2) is 4.98 Å². The van der Waals surface area contributed by atoms with E-state index in [-0.39, 0.29) is 0 Å². The highest BCUT2D eigenvalue weighted by Crippen LogP contribution is 2.32. The summed E-state index contributed by atoms with van der Waals surface area (Å²) in [6, 6.07) is 14.4. The zero-order valence-electron chi connectivity index (χ0n) is 18.1. The Balaban J connectivity index is 1.99. The molecular formula is C25H25Br2N3. The van der Waals surface area contributed by atoms with E-state index in [9.17, 15) is 0 Å². The molecule has 0 aliphatic carbocycles. The summed E-state index contributed by atoms with van der Waals surface area (Å²) in [7, 11) is 0. The van der Waals surface area contributed by atoms with Gasteiger partial charge in [-0.1, -0.05) is 18.2 Å². The van der Waals surface area contributed by atoms with Crippen molar-refractivity contribution >= 4 is 54.7 Å². The lowest BCUT2D eigenvalue weighted by atomic mass is 10.1. The van der Waals surface area contributed by atoms with Crippen LogP contribution in [-0.4, -0.2) is 16.4 Å². The Hall–Kier alpha value is -2.11. The van der Waals surface area contributed by atoms with Crippen molar-refractivity contribution < 1.29 is 0 Å². The van der Waals surface area contributed by atoms with E-state index >= 15 is 0 Å². The van der Waals surface area contributed by atoms with Gasteiger partial charge in [0.25, 0.3) is 0 Å². The quantitative estimate of drug-likeness (QED) is 0.316. The molecule has 0 unspecified atom stereocenters. The molecule has 0 bridgehead atoms. The number of aliphatic imine (C=N–C) groups is 2. The van der Waals surface area contributed by atoms with Gasteiger partial charge < -0.3 is 0 Å². The number of benzene rings is 2. The number of halogens is 2. The third-order valence-corrected chi connectivity index (χ3v) is 6.06. The summed E-state index contributed by atoms with van der Waals surface area (Å²) < 4.78 is 1.99. The number of aromatic nitrogens is 1. The van der Waals surface area contributed by atoms with Crippen LogP contribution in [0.3, 0.4) is 0 Å². The average molecular weight is 527 g/mol. The molecule has 3 aromatic rings. The molecule has 0 radical (unpaired) electrons. The van der Waals surface area contributed by atoms with Gasteiger partial charge in [-0.15, -0.1) is 0 Å². The van der Waals surface area contributed by atoms with Crippen molar-refractivity contribution in [3.63, 3.8) is 0 Å². The normalized spacial score (nSPS) is 12.4. The number of hydrogen-bond acceptors (Lipinski definition) is 3. The second-order valence-corrected chi connectivity index (χ2v) is 9.34. The van der Waals surface area contributed by atoms with E-state index in [0.717, 1.165) is 54.3 Å². The summed E-state index contributed by atoms with van der Waals surface area (Å²) >= 11 is 7.28. The molecule has 0 amide bonds. The van der Waals surface area contributed by atoms with Gasteiger partial charge in [-0.2, -0.15) is 0 Å². The maximum Gasteiger partial charge on any atom is 0.0849 e. The molecule has 0 saturated carbocycles. The minimum absolute atomic E-state index is 0.841. The number of aryl methyl sites for hydroxylation is 4. The van der Waals surface area contributed by atoms with Crippen LogP contribution in [0.25, 0.3) is 0 Å². The van der Waals surface area contributed by atoms with Crippen LogP contribution < -0.4 is 0 Å². The second-order valence-electron chi connectivity index (χ2n) is 7.63. The third-order valence-electron chi connectivity index (χ3n) is 4.85. The van der Waals surface area contributed by atoms with Crippen LogP contribution >= 0.6 is 31.9 Å². The molecule has 30 heavy (non-hydrogen) atoms. The van der Waals surface area contributed by atoms with Crippen molar-refractivity contribution in [2.24, 2.45) is 9.98 Å². The Morgan fingerprint density at radius 3 is 1.47 bits per heavy atom. The fourth-order valence-electron chi connectivity index (χ4n) is 3.39. The molecular weight excluding hydrogens is 502 g/mol. The molecule has 3 nitrogen and oxygen atoms in total. The Labute approximate surface area is 195 Å². The van der Waals surface area contributed by atoms with E-state index in [2.05, 4.69) is 83.8 Å². The van der Waals surface area contributed by atoms with Crippen molar-refractivity contribution in [1.82, 2.24) is 4.98 Å². The van der Waals surface area contributed by atoms with Gasteiger partial charge >= 0.3 is 0 Å². The van der Waals surface area contributed by atoms with Gasteiger partial charge in [0.2, 0.25) is 0 Å². The van der Waals surface area contributed by atoms with Gasteiger partial charge in [0, 0.05) is 8.95 Å². The first-order valence-corrected chi connectivity index (χ1v) is 11.4. The molecule has 2 aromatic carbocycles. The zero-order valence-corrected chi connectivity index (χ0v) is 21.3. The van der Waals surface area contributed by atoms with Gasteiger partial charge in [0.05, 0.1) is 34.2 Å². The van der Waals surface area contributed by atoms with E-state index < -0.39 is 0 Å². The second kappa shape index (κ2) is 9.36. The van der Waals surface area contributed by atoms with E-state index in [1.54, 1.807) is 0 Å². The average Bonchev–Trinajstić information content (AvgIpc) is 2.67. The van der Waals surface area contributed by atoms with Gasteiger partial charge in [-0.3, -0.25) is 9.98 Å². The SMILES string of the molecule is CC(=Nc1c(C)cc(C)cc1Br)c1cccc(C(C)=Nc2c(C)cc(C)cc2Br)n1. The lowest BCUT2D eigenvalue weighted by molar-refractivity contribution is 1.23. The van der Waals surface area contributed by atoms with Gasteiger partial charge in [-0.05, 0) is 120 Å². The summed E-state index contributed by atoms with van der Waals surface area (Å²) in [5.41, 5.74) is 9.98. The zero-order chi connectivity index (χ0) is 22.0. The Morgan fingerprint density at radius 2 is 1.10 bits per heavy atom. The molecule has 5 heteroatoms. The predicted octanol–water partition coefficient (Wildman–Crippen LogP) is 8.12. The number of hydrogen-bond donors (Lipinski definition) is 0. The first-order valence-electron chi connectivity index (χ1n) is 9.77. The Morgan fingerprint density at radius 1 is 0.700 bits per heavy atom. The minimum atomic E-state index is 0.841. The summed E-state index contributed by atoms with van der Waals surface area (Å²) in [6.45, 7) is 12.3. The molecule has 1 aromatic heterocycles. The molecule has 0 aliphatic rings. The number of rotatable bonds is 4. The standard InChI is InChI=1S/C25H25Br2N3/c1-14-10-16(3)24(20(26)12-14)28-18(5)22-8-7-9-23(30-22)19(6)29-25-17(4)11-15(2)13-21(25)27/h7-13H,1-6H3. The monoisotopic (exact) mass is 525 g/mol. The third kappa shape index (κ3) is 5.13. The summed E-state index contributed by atoms with van der Waals surface area (Å²) in [5.74, 6) is 0. The summed E-state index contributed by atoms with van der Waals surface area (Å²) in [5, 5.41) is 0. The van der Waals surface area contributed by atoms with Crippen LogP contribution in [0.5, 0.6) is 0 Å². The molecule has 0 saturated heterocycles. The van der Waals surface area contributed by atoms with E-state index in [4.69, 9.17) is 15.0 Å². The highest BCUT2D eigenvalue weighted by atomic mass is 79.9. The highest BCUT2D eigenvalue weighted by molar-refractivity contribution is 9.11. The molecule has 0 aliphatic heterocycles. The maximum atomic E-state index is 4.85. The fourth-order valence-corrected chi connectivity index (χ4v) is 4.91. The maximum absolute atomic E-state index is 4.85. The largest absolute Gasteiger partial charge is 0.250 e. The Bertz CT molecular complexity index is 1040. The van der Waals surface area contributed by atoms with Crippen LogP contribution in [0.1, 0.15) is 47.5 Å². The first-order chi connectivity index (χ1) is 14.2. The van der Waals surface area contributed by atoms with Crippen LogP contribution in [-0.2, 0) is 0 Å². The van der Waals surface area contributed by atoms with Gasteiger partial charge in [0.15, 0.2) is 0 Å². The van der Waals surface area contributed by atoms with E-state index in [1.807, 2.05) is 32.0 Å². The fraction of sp³-hybridized carbons (Fsp3) is 0.240. The van der Waals surface area contributed by atoms with Crippen LogP contribution in [0.15, 0.2) is 61.4 Å². The first kappa shape index (κ1) is 22.6. The van der Waals surface area contributed by atoms with Crippen molar-refractivity contribution in [3.05, 3.63) is 85.1 Å². The molecule has 0 fully saturated rings. The molecule has 154 valence electrons. The predicted molar refractivity (Wildman–Crippen MR) is 135 cm³/mol. The highest BCUT2D eigenvalue weighted by Gasteiger charge is 2.10. The summed E-state index contributed by atoms with van der Waals surface area (Å²) in [4.78, 5) is 14.5.